The number of para-hydroxylation sites is 1. The van der Waals surface area contributed by atoms with Crippen LogP contribution in [0.3, 0.4) is 0 Å². The number of rotatable bonds is 4. The third kappa shape index (κ3) is 4.06. The van der Waals surface area contributed by atoms with E-state index in [9.17, 15) is 9.90 Å². The van der Waals surface area contributed by atoms with Crippen LogP contribution in [-0.4, -0.2) is 50.1 Å². The van der Waals surface area contributed by atoms with E-state index in [2.05, 4.69) is 27.3 Å². The van der Waals surface area contributed by atoms with Gasteiger partial charge in [0.15, 0.2) is 5.82 Å². The van der Waals surface area contributed by atoms with Crippen molar-refractivity contribution in [3.05, 3.63) is 76.6 Å². The maximum atomic E-state index is 12.3. The number of aromatic nitrogens is 4. The maximum absolute atomic E-state index is 12.3. The van der Waals surface area contributed by atoms with Crippen molar-refractivity contribution in [3.8, 4) is 33.7 Å². The fourth-order valence-corrected chi connectivity index (χ4v) is 4.60. The molecule has 0 aliphatic carbocycles. The standard InChI is InChI=1S/C25H25ClN6O2/c1-16-15-31(9-8-27-16)23-13-18(14-28-29-23)20-5-3-4-19(24(20)33)17-6-7-22(21(26)12-17)32-11-10-30(2)25(32)34/h3-7,10-14,16,27,33H,8-9,15H2,1-2H3/t16-/m1/s1. The van der Waals surface area contributed by atoms with Crippen LogP contribution in [0.15, 0.2) is 65.8 Å². The number of phenols is 1. The topological polar surface area (TPSA) is 88.2 Å². The molecule has 2 aromatic heterocycles. The summed E-state index contributed by atoms with van der Waals surface area (Å²) >= 11 is 6.54. The third-order valence-corrected chi connectivity index (χ3v) is 6.45. The van der Waals surface area contributed by atoms with Crippen LogP contribution in [0.25, 0.3) is 27.9 Å². The lowest BCUT2D eigenvalue weighted by Gasteiger charge is -2.32. The van der Waals surface area contributed by atoms with Crippen LogP contribution < -0.4 is 15.9 Å². The van der Waals surface area contributed by atoms with Gasteiger partial charge in [0, 0.05) is 61.8 Å². The highest BCUT2D eigenvalue weighted by Crippen LogP contribution is 2.39. The molecule has 4 aromatic rings. The van der Waals surface area contributed by atoms with Crippen molar-refractivity contribution in [3.63, 3.8) is 0 Å². The van der Waals surface area contributed by atoms with E-state index in [1.54, 1.807) is 37.8 Å². The van der Waals surface area contributed by atoms with Gasteiger partial charge in [0.05, 0.1) is 16.9 Å². The zero-order valence-corrected chi connectivity index (χ0v) is 19.7. The van der Waals surface area contributed by atoms with Gasteiger partial charge in [-0.1, -0.05) is 35.9 Å². The van der Waals surface area contributed by atoms with Crippen LogP contribution in [0.5, 0.6) is 5.75 Å². The number of halogens is 1. The first-order valence-electron chi connectivity index (χ1n) is 11.1. The summed E-state index contributed by atoms with van der Waals surface area (Å²) in [5.74, 6) is 0.923. The van der Waals surface area contributed by atoms with Gasteiger partial charge in [0.1, 0.15) is 5.75 Å². The Morgan fingerprint density at radius 2 is 1.91 bits per heavy atom. The number of hydrogen-bond acceptors (Lipinski definition) is 6. The van der Waals surface area contributed by atoms with Crippen LogP contribution in [0.4, 0.5) is 5.82 Å². The molecule has 1 fully saturated rings. The molecule has 0 bridgehead atoms. The Bertz CT molecular complexity index is 1410. The first-order valence-corrected chi connectivity index (χ1v) is 11.5. The molecule has 1 aliphatic heterocycles. The van der Waals surface area contributed by atoms with E-state index in [0.29, 0.717) is 27.9 Å². The van der Waals surface area contributed by atoms with E-state index in [-0.39, 0.29) is 11.4 Å². The monoisotopic (exact) mass is 476 g/mol. The Morgan fingerprint density at radius 1 is 1.12 bits per heavy atom. The number of aromatic hydroxyl groups is 1. The van der Waals surface area contributed by atoms with Crippen molar-refractivity contribution >= 4 is 17.4 Å². The molecule has 1 aliphatic rings. The number of hydrogen-bond donors (Lipinski definition) is 2. The van der Waals surface area contributed by atoms with Gasteiger partial charge in [0.25, 0.3) is 0 Å². The van der Waals surface area contributed by atoms with E-state index >= 15 is 0 Å². The van der Waals surface area contributed by atoms with Crippen molar-refractivity contribution in [2.75, 3.05) is 24.5 Å². The van der Waals surface area contributed by atoms with E-state index in [1.165, 1.54) is 9.13 Å². The summed E-state index contributed by atoms with van der Waals surface area (Å²) < 4.78 is 2.97. The van der Waals surface area contributed by atoms with E-state index < -0.39 is 0 Å². The molecule has 2 aromatic carbocycles. The highest BCUT2D eigenvalue weighted by atomic mass is 35.5. The van der Waals surface area contributed by atoms with Crippen LogP contribution in [0, 0.1) is 0 Å². The molecule has 3 heterocycles. The molecule has 174 valence electrons. The predicted octanol–water partition coefficient (Wildman–Crippen LogP) is 3.46. The number of aryl methyl sites for hydroxylation is 1. The first kappa shape index (κ1) is 22.2. The smallest absolute Gasteiger partial charge is 0.332 e. The second-order valence-corrected chi connectivity index (χ2v) is 8.94. The summed E-state index contributed by atoms with van der Waals surface area (Å²) in [7, 11) is 1.69. The van der Waals surface area contributed by atoms with E-state index in [0.717, 1.165) is 36.6 Å². The average molecular weight is 477 g/mol. The van der Waals surface area contributed by atoms with Gasteiger partial charge >= 0.3 is 5.69 Å². The van der Waals surface area contributed by atoms with Gasteiger partial charge < -0.3 is 19.9 Å². The van der Waals surface area contributed by atoms with Crippen LogP contribution in [0.1, 0.15) is 6.92 Å². The second-order valence-electron chi connectivity index (χ2n) is 8.53. The summed E-state index contributed by atoms with van der Waals surface area (Å²) in [6.45, 7) is 4.73. The molecule has 9 heteroatoms. The summed E-state index contributed by atoms with van der Waals surface area (Å²) in [6.07, 6.45) is 5.01. The van der Waals surface area contributed by atoms with Gasteiger partial charge in [-0.3, -0.25) is 4.57 Å². The quantitative estimate of drug-likeness (QED) is 0.469. The SMILES string of the molecule is C[C@@H]1CN(c2cc(-c3cccc(-c4ccc(-n5ccn(C)c5=O)c(Cl)c4)c3O)cnn2)CCN1. The largest absolute Gasteiger partial charge is 0.507 e. The molecule has 0 unspecified atom stereocenters. The van der Waals surface area contributed by atoms with Crippen molar-refractivity contribution in [2.24, 2.45) is 7.05 Å². The Labute approximate surface area is 202 Å². The number of anilines is 1. The lowest BCUT2D eigenvalue weighted by Crippen LogP contribution is -2.49. The fourth-order valence-electron chi connectivity index (χ4n) is 4.32. The lowest BCUT2D eigenvalue weighted by molar-refractivity contribution is 0.478. The third-order valence-electron chi connectivity index (χ3n) is 6.15. The molecule has 8 nitrogen and oxygen atoms in total. The number of imidazole rings is 1. The van der Waals surface area contributed by atoms with Crippen LogP contribution in [0.2, 0.25) is 5.02 Å². The molecule has 0 radical (unpaired) electrons. The summed E-state index contributed by atoms with van der Waals surface area (Å²) in [6, 6.07) is 13.3. The van der Waals surface area contributed by atoms with Crippen molar-refractivity contribution in [2.45, 2.75) is 13.0 Å². The average Bonchev–Trinajstić information content (AvgIpc) is 3.17. The number of benzene rings is 2. The molecule has 5 rings (SSSR count). The van der Waals surface area contributed by atoms with E-state index in [1.807, 2.05) is 30.3 Å². The van der Waals surface area contributed by atoms with Gasteiger partial charge in [-0.2, -0.15) is 5.10 Å². The highest BCUT2D eigenvalue weighted by molar-refractivity contribution is 6.32. The lowest BCUT2D eigenvalue weighted by atomic mass is 9.98. The second kappa shape index (κ2) is 8.96. The molecule has 1 atom stereocenters. The predicted molar refractivity (Wildman–Crippen MR) is 134 cm³/mol. The Kier molecular flexibility index (Phi) is 5.85. The zero-order chi connectivity index (χ0) is 23.8. The Balaban J connectivity index is 1.50. The maximum Gasteiger partial charge on any atom is 0.332 e. The minimum Gasteiger partial charge on any atom is -0.507 e. The van der Waals surface area contributed by atoms with Crippen molar-refractivity contribution in [1.29, 1.82) is 0 Å². The molecule has 0 spiro atoms. The minimum absolute atomic E-state index is 0.135. The van der Waals surface area contributed by atoms with E-state index in [4.69, 9.17) is 11.6 Å². The summed E-state index contributed by atoms with van der Waals surface area (Å²) in [5.41, 5.74) is 3.24. The van der Waals surface area contributed by atoms with Crippen LogP contribution in [-0.2, 0) is 7.05 Å². The molecular weight excluding hydrogens is 452 g/mol. The summed E-state index contributed by atoms with van der Waals surface area (Å²) in [4.78, 5) is 14.5. The van der Waals surface area contributed by atoms with Gasteiger partial charge in [-0.15, -0.1) is 5.10 Å². The van der Waals surface area contributed by atoms with Gasteiger partial charge in [0.2, 0.25) is 0 Å². The number of nitrogens with one attached hydrogen (secondary N) is 1. The number of nitrogens with zero attached hydrogens (tertiary/aromatic N) is 5. The highest BCUT2D eigenvalue weighted by Gasteiger charge is 2.19. The van der Waals surface area contributed by atoms with Gasteiger partial charge in [-0.05, 0) is 30.7 Å². The zero-order valence-electron chi connectivity index (χ0n) is 18.9. The molecule has 1 saturated heterocycles. The fraction of sp³-hybridized carbons (Fsp3) is 0.240. The normalized spacial score (nSPS) is 16.1. The minimum atomic E-state index is -0.181. The molecule has 0 saturated carbocycles. The Hall–Kier alpha value is -3.62. The number of phenolic OH excluding ortho intramolecular Hbond substituents is 1. The summed E-state index contributed by atoms with van der Waals surface area (Å²) in [5, 5.41) is 23.5. The Morgan fingerprint density at radius 3 is 2.62 bits per heavy atom. The number of piperazine rings is 1. The van der Waals surface area contributed by atoms with Crippen molar-refractivity contribution < 1.29 is 5.11 Å². The molecule has 34 heavy (non-hydrogen) atoms. The van der Waals surface area contributed by atoms with Crippen molar-refractivity contribution in [1.82, 2.24) is 24.6 Å². The first-order chi connectivity index (χ1) is 16.4. The molecular formula is C25H25ClN6O2. The van der Waals surface area contributed by atoms with Gasteiger partial charge in [-0.25, -0.2) is 4.79 Å². The molecule has 0 amide bonds. The van der Waals surface area contributed by atoms with Crippen LogP contribution >= 0.6 is 11.6 Å². The molecule has 2 N–H and O–H groups in total.